The molecule has 0 aliphatic rings. The Bertz CT molecular complexity index is 705. The standard InChI is InChI=1S/C16H17N3OS/c1-3-17-14(12-7-5-4-6-8-12)16-19-18-15(20-16)13-10-21-9-11(13)2/h4-10,14,17H,3H2,1-2H3. The Hall–Kier alpha value is -1.98. The monoisotopic (exact) mass is 299 g/mol. The Morgan fingerprint density at radius 1 is 1.19 bits per heavy atom. The van der Waals surface area contributed by atoms with Gasteiger partial charge < -0.3 is 9.73 Å². The molecule has 5 heteroatoms. The summed E-state index contributed by atoms with van der Waals surface area (Å²) >= 11 is 1.64. The van der Waals surface area contributed by atoms with E-state index in [1.807, 2.05) is 23.6 Å². The molecule has 2 aromatic heterocycles. The van der Waals surface area contributed by atoms with Crippen molar-refractivity contribution in [1.82, 2.24) is 15.5 Å². The maximum absolute atomic E-state index is 5.90. The number of nitrogens with one attached hydrogen (secondary N) is 1. The molecule has 1 N–H and O–H groups in total. The molecule has 0 spiro atoms. The molecule has 0 saturated carbocycles. The quantitative estimate of drug-likeness (QED) is 0.778. The maximum atomic E-state index is 5.90. The zero-order chi connectivity index (χ0) is 14.7. The highest BCUT2D eigenvalue weighted by Gasteiger charge is 2.20. The van der Waals surface area contributed by atoms with Gasteiger partial charge in [0, 0.05) is 5.38 Å². The number of nitrogens with zero attached hydrogens (tertiary/aromatic N) is 2. The molecular formula is C16H17N3OS. The van der Waals surface area contributed by atoms with Crippen molar-refractivity contribution in [3.8, 4) is 11.5 Å². The minimum absolute atomic E-state index is 0.0728. The van der Waals surface area contributed by atoms with E-state index in [-0.39, 0.29) is 6.04 Å². The van der Waals surface area contributed by atoms with Crippen LogP contribution < -0.4 is 5.32 Å². The van der Waals surface area contributed by atoms with Crippen LogP contribution in [0.3, 0.4) is 0 Å². The van der Waals surface area contributed by atoms with Crippen LogP contribution >= 0.6 is 11.3 Å². The predicted octanol–water partition coefficient (Wildman–Crippen LogP) is 3.81. The van der Waals surface area contributed by atoms with Gasteiger partial charge in [-0.25, -0.2) is 0 Å². The summed E-state index contributed by atoms with van der Waals surface area (Å²) in [5.41, 5.74) is 3.30. The van der Waals surface area contributed by atoms with Gasteiger partial charge in [0.05, 0.1) is 5.56 Å². The Morgan fingerprint density at radius 2 is 2.00 bits per heavy atom. The van der Waals surface area contributed by atoms with Crippen LogP contribution in [0.2, 0.25) is 0 Å². The molecule has 3 aromatic rings. The van der Waals surface area contributed by atoms with E-state index in [0.29, 0.717) is 11.8 Å². The van der Waals surface area contributed by atoms with Gasteiger partial charge in [0.1, 0.15) is 6.04 Å². The second-order valence-electron chi connectivity index (χ2n) is 4.82. The number of aryl methyl sites for hydroxylation is 1. The van der Waals surface area contributed by atoms with Gasteiger partial charge in [0.25, 0.3) is 0 Å². The van der Waals surface area contributed by atoms with Crippen LogP contribution in [0.1, 0.15) is 30.0 Å². The van der Waals surface area contributed by atoms with Crippen molar-refractivity contribution in [1.29, 1.82) is 0 Å². The molecule has 4 nitrogen and oxygen atoms in total. The van der Waals surface area contributed by atoms with Crippen molar-refractivity contribution in [2.75, 3.05) is 6.54 Å². The molecule has 3 rings (SSSR count). The normalized spacial score (nSPS) is 12.5. The van der Waals surface area contributed by atoms with Crippen LogP contribution in [0.5, 0.6) is 0 Å². The van der Waals surface area contributed by atoms with E-state index in [1.165, 1.54) is 0 Å². The predicted molar refractivity (Wildman–Crippen MR) is 84.3 cm³/mol. The summed E-state index contributed by atoms with van der Waals surface area (Å²) in [5.74, 6) is 1.19. The summed E-state index contributed by atoms with van der Waals surface area (Å²) in [6, 6.07) is 10.1. The van der Waals surface area contributed by atoms with E-state index in [1.54, 1.807) is 11.3 Å². The number of thiophene rings is 1. The zero-order valence-electron chi connectivity index (χ0n) is 12.0. The molecule has 0 amide bonds. The van der Waals surface area contributed by atoms with E-state index in [9.17, 15) is 0 Å². The van der Waals surface area contributed by atoms with Crippen molar-refractivity contribution in [2.45, 2.75) is 19.9 Å². The first-order valence-corrected chi connectivity index (χ1v) is 7.88. The molecule has 1 unspecified atom stereocenters. The van der Waals surface area contributed by atoms with E-state index < -0.39 is 0 Å². The largest absolute Gasteiger partial charge is 0.419 e. The highest BCUT2D eigenvalue weighted by molar-refractivity contribution is 7.08. The zero-order valence-corrected chi connectivity index (χ0v) is 12.9. The lowest BCUT2D eigenvalue weighted by Crippen LogP contribution is -2.22. The molecule has 2 heterocycles. The molecule has 1 aromatic carbocycles. The van der Waals surface area contributed by atoms with Gasteiger partial charge in [-0.1, -0.05) is 37.3 Å². The first-order chi connectivity index (χ1) is 10.3. The molecule has 0 saturated heterocycles. The lowest BCUT2D eigenvalue weighted by Gasteiger charge is -2.13. The van der Waals surface area contributed by atoms with E-state index in [4.69, 9.17) is 4.42 Å². The third-order valence-corrected chi connectivity index (χ3v) is 4.18. The summed E-state index contributed by atoms with van der Waals surface area (Å²) in [7, 11) is 0. The molecule has 0 radical (unpaired) electrons. The van der Waals surface area contributed by atoms with Crippen LogP contribution in [0.4, 0.5) is 0 Å². The molecule has 0 fully saturated rings. The Kier molecular flexibility index (Phi) is 4.13. The first-order valence-electron chi connectivity index (χ1n) is 6.94. The molecule has 0 aliphatic carbocycles. The summed E-state index contributed by atoms with van der Waals surface area (Å²) in [6.45, 7) is 4.94. The third kappa shape index (κ3) is 2.89. The molecule has 0 bridgehead atoms. The van der Waals surface area contributed by atoms with Crippen LogP contribution in [-0.4, -0.2) is 16.7 Å². The minimum Gasteiger partial charge on any atom is -0.419 e. The molecule has 108 valence electrons. The average Bonchev–Trinajstić information content (AvgIpc) is 3.14. The number of rotatable bonds is 5. The SMILES string of the molecule is CCNC(c1ccccc1)c1nnc(-c2cscc2C)o1. The highest BCUT2D eigenvalue weighted by Crippen LogP contribution is 2.28. The van der Waals surface area contributed by atoms with Crippen molar-refractivity contribution in [2.24, 2.45) is 0 Å². The number of benzene rings is 1. The summed E-state index contributed by atoms with van der Waals surface area (Å²) < 4.78 is 5.90. The highest BCUT2D eigenvalue weighted by atomic mass is 32.1. The summed E-state index contributed by atoms with van der Waals surface area (Å²) in [6.07, 6.45) is 0. The van der Waals surface area contributed by atoms with Gasteiger partial charge in [-0.2, -0.15) is 11.3 Å². The summed E-state index contributed by atoms with van der Waals surface area (Å²) in [5, 5.41) is 15.9. The van der Waals surface area contributed by atoms with Crippen LogP contribution in [0, 0.1) is 6.92 Å². The fourth-order valence-corrected chi connectivity index (χ4v) is 3.06. The van der Waals surface area contributed by atoms with Crippen LogP contribution in [0.25, 0.3) is 11.5 Å². The topological polar surface area (TPSA) is 51.0 Å². The van der Waals surface area contributed by atoms with Gasteiger partial charge in [0.2, 0.25) is 11.8 Å². The van der Waals surface area contributed by atoms with Gasteiger partial charge in [-0.15, -0.1) is 10.2 Å². The lowest BCUT2D eigenvalue weighted by molar-refractivity contribution is 0.444. The molecular weight excluding hydrogens is 282 g/mol. The van der Waals surface area contributed by atoms with Crippen molar-refractivity contribution in [3.63, 3.8) is 0 Å². The third-order valence-electron chi connectivity index (χ3n) is 3.31. The fraction of sp³-hybridized carbons (Fsp3) is 0.250. The van der Waals surface area contributed by atoms with Gasteiger partial charge in [-0.05, 0) is 30.0 Å². The molecule has 1 atom stereocenters. The van der Waals surface area contributed by atoms with Gasteiger partial charge in [-0.3, -0.25) is 0 Å². The maximum Gasteiger partial charge on any atom is 0.248 e. The summed E-state index contributed by atoms with van der Waals surface area (Å²) in [4.78, 5) is 0. The van der Waals surface area contributed by atoms with E-state index in [2.05, 4.69) is 46.9 Å². The van der Waals surface area contributed by atoms with E-state index in [0.717, 1.165) is 23.2 Å². The van der Waals surface area contributed by atoms with Crippen molar-refractivity contribution in [3.05, 3.63) is 58.1 Å². The van der Waals surface area contributed by atoms with Crippen LogP contribution in [-0.2, 0) is 0 Å². The second kappa shape index (κ2) is 6.20. The average molecular weight is 299 g/mol. The van der Waals surface area contributed by atoms with Gasteiger partial charge >= 0.3 is 0 Å². The number of hydrogen-bond donors (Lipinski definition) is 1. The number of aromatic nitrogens is 2. The molecule has 21 heavy (non-hydrogen) atoms. The smallest absolute Gasteiger partial charge is 0.248 e. The second-order valence-corrected chi connectivity index (χ2v) is 5.56. The van der Waals surface area contributed by atoms with Crippen molar-refractivity contribution >= 4 is 11.3 Å². The Morgan fingerprint density at radius 3 is 2.67 bits per heavy atom. The van der Waals surface area contributed by atoms with Crippen LogP contribution in [0.15, 0.2) is 45.5 Å². The minimum atomic E-state index is -0.0728. The number of hydrogen-bond acceptors (Lipinski definition) is 5. The molecule has 0 aliphatic heterocycles. The fourth-order valence-electron chi connectivity index (χ4n) is 2.24. The van der Waals surface area contributed by atoms with E-state index >= 15 is 0 Å². The van der Waals surface area contributed by atoms with Crippen molar-refractivity contribution < 1.29 is 4.42 Å². The first kappa shape index (κ1) is 14.0. The Labute approximate surface area is 127 Å². The van der Waals surface area contributed by atoms with Gasteiger partial charge in [0.15, 0.2) is 0 Å². The Balaban J connectivity index is 1.94. The lowest BCUT2D eigenvalue weighted by atomic mass is 10.1.